The van der Waals surface area contributed by atoms with Crippen LogP contribution in [0.4, 0.5) is 0 Å². The van der Waals surface area contributed by atoms with E-state index in [-0.39, 0.29) is 5.97 Å². The highest BCUT2D eigenvalue weighted by Crippen LogP contribution is 2.42. The first-order valence-corrected chi connectivity index (χ1v) is 9.82. The quantitative estimate of drug-likeness (QED) is 0.412. The van der Waals surface area contributed by atoms with Gasteiger partial charge in [-0.25, -0.2) is 5.09 Å². The van der Waals surface area contributed by atoms with Gasteiger partial charge in [-0.1, -0.05) is 49.7 Å². The number of unbranched alkanes of at least 4 members (excludes halogenated alkanes) is 1. The third-order valence-electron chi connectivity index (χ3n) is 3.32. The molecule has 4 nitrogen and oxygen atoms in total. The van der Waals surface area contributed by atoms with Gasteiger partial charge in [0.2, 0.25) is 0 Å². The van der Waals surface area contributed by atoms with Crippen molar-refractivity contribution < 1.29 is 14.1 Å². The minimum absolute atomic E-state index is 0.312. The van der Waals surface area contributed by atoms with Crippen molar-refractivity contribution in [3.63, 3.8) is 0 Å². The molecule has 2 aromatic carbocycles. The summed E-state index contributed by atoms with van der Waals surface area (Å²) < 4.78 is 10.9. The van der Waals surface area contributed by atoms with Gasteiger partial charge in [0.05, 0.1) is 6.61 Å². The first-order chi connectivity index (χ1) is 11.1. The molecule has 0 saturated heterocycles. The summed E-state index contributed by atoms with van der Waals surface area (Å²) >= 11 is 6.24. The van der Waals surface area contributed by atoms with E-state index < -0.39 is 13.7 Å². The van der Waals surface area contributed by atoms with Gasteiger partial charge in [0.1, 0.15) is 11.8 Å². The van der Waals surface area contributed by atoms with Gasteiger partial charge in [-0.15, -0.1) is 0 Å². The lowest BCUT2D eigenvalue weighted by molar-refractivity contribution is -0.145. The highest BCUT2D eigenvalue weighted by atomic mass is 35.7. The van der Waals surface area contributed by atoms with E-state index in [2.05, 4.69) is 5.09 Å². The van der Waals surface area contributed by atoms with Crippen molar-refractivity contribution in [2.45, 2.75) is 32.7 Å². The maximum absolute atomic E-state index is 11.8. The van der Waals surface area contributed by atoms with Gasteiger partial charge >= 0.3 is 5.97 Å². The van der Waals surface area contributed by atoms with Gasteiger partial charge in [0.25, 0.3) is 7.65 Å². The van der Waals surface area contributed by atoms with Crippen LogP contribution in [0.25, 0.3) is 10.8 Å². The lowest BCUT2D eigenvalue weighted by Gasteiger charge is -2.18. The average Bonchev–Trinajstić information content (AvgIpc) is 2.55. The number of hydrogen-bond acceptors (Lipinski definition) is 4. The fraction of sp³-hybridized carbons (Fsp3) is 0.353. The number of nitrogens with one attached hydrogen (secondary N) is 1. The molecule has 0 saturated carbocycles. The molecule has 124 valence electrons. The molecule has 0 aliphatic carbocycles. The molecule has 6 heteroatoms. The molecule has 2 atom stereocenters. The van der Waals surface area contributed by atoms with Gasteiger partial charge in [-0.2, -0.15) is 0 Å². The van der Waals surface area contributed by atoms with E-state index in [1.54, 1.807) is 6.92 Å². The van der Waals surface area contributed by atoms with E-state index in [4.69, 9.17) is 20.5 Å². The highest BCUT2D eigenvalue weighted by Gasteiger charge is 2.20. The third-order valence-corrected chi connectivity index (χ3v) is 4.77. The third kappa shape index (κ3) is 5.35. The second kappa shape index (κ2) is 9.07. The molecule has 0 aliphatic heterocycles. The van der Waals surface area contributed by atoms with E-state index >= 15 is 0 Å². The number of halogens is 1. The molecule has 1 N–H and O–H groups in total. The molecule has 0 spiro atoms. The topological polar surface area (TPSA) is 47.6 Å². The predicted molar refractivity (Wildman–Crippen MR) is 95.8 cm³/mol. The number of esters is 1. The number of ether oxygens (including phenoxy) is 1. The minimum Gasteiger partial charge on any atom is -0.465 e. The van der Waals surface area contributed by atoms with Crippen molar-refractivity contribution in [1.29, 1.82) is 0 Å². The zero-order valence-corrected chi connectivity index (χ0v) is 14.9. The molecule has 0 aromatic heterocycles. The smallest absolute Gasteiger partial charge is 0.323 e. The zero-order valence-electron chi connectivity index (χ0n) is 13.3. The number of fused-ring (bicyclic) bond motifs is 1. The SMILES string of the molecule is CCCCOC(=O)C(C)NP(Cl)Oc1cccc2ccccc12. The number of rotatable bonds is 8. The van der Waals surface area contributed by atoms with Gasteiger partial charge in [-0.3, -0.25) is 4.79 Å². The predicted octanol–water partition coefficient (Wildman–Crippen LogP) is 5.01. The van der Waals surface area contributed by atoms with Crippen molar-refractivity contribution in [3.05, 3.63) is 42.5 Å². The van der Waals surface area contributed by atoms with E-state index in [0.29, 0.717) is 12.4 Å². The Balaban J connectivity index is 1.93. The van der Waals surface area contributed by atoms with Crippen LogP contribution in [-0.4, -0.2) is 18.6 Å². The lowest BCUT2D eigenvalue weighted by atomic mass is 10.1. The fourth-order valence-corrected chi connectivity index (χ4v) is 3.49. The fourth-order valence-electron chi connectivity index (χ4n) is 2.04. The van der Waals surface area contributed by atoms with Crippen LogP contribution < -0.4 is 9.61 Å². The Morgan fingerprint density at radius 1 is 1.26 bits per heavy atom. The molecule has 0 bridgehead atoms. The Bertz CT molecular complexity index is 647. The zero-order chi connectivity index (χ0) is 16.7. The number of benzene rings is 2. The van der Waals surface area contributed by atoms with Crippen LogP contribution in [0.2, 0.25) is 0 Å². The second-order valence-electron chi connectivity index (χ2n) is 5.19. The van der Waals surface area contributed by atoms with Gasteiger partial charge in [0, 0.05) is 5.39 Å². The van der Waals surface area contributed by atoms with Crippen molar-refractivity contribution >= 4 is 35.6 Å². The van der Waals surface area contributed by atoms with Crippen molar-refractivity contribution in [1.82, 2.24) is 5.09 Å². The summed E-state index contributed by atoms with van der Waals surface area (Å²) in [5.41, 5.74) is 0. The molecule has 23 heavy (non-hydrogen) atoms. The molecule has 0 heterocycles. The number of carbonyl (C=O) groups is 1. The van der Waals surface area contributed by atoms with Gasteiger partial charge in [-0.05, 0) is 36.0 Å². The summed E-state index contributed by atoms with van der Waals surface area (Å²) in [6.07, 6.45) is 1.85. The highest BCUT2D eigenvalue weighted by molar-refractivity contribution is 7.78. The summed E-state index contributed by atoms with van der Waals surface area (Å²) in [6.45, 7) is 4.20. The largest absolute Gasteiger partial charge is 0.465 e. The monoisotopic (exact) mass is 353 g/mol. The summed E-state index contributed by atoms with van der Waals surface area (Å²) in [4.78, 5) is 11.8. The Hall–Kier alpha value is -1.35. The normalized spacial score (nSPS) is 13.5. The maximum Gasteiger partial charge on any atom is 0.323 e. The molecule has 2 aromatic rings. The maximum atomic E-state index is 11.8. The first-order valence-electron chi connectivity index (χ1n) is 7.66. The van der Waals surface area contributed by atoms with E-state index in [1.807, 2.05) is 49.4 Å². The number of carbonyl (C=O) groups excluding carboxylic acids is 1. The average molecular weight is 354 g/mol. The van der Waals surface area contributed by atoms with Crippen LogP contribution in [0.1, 0.15) is 26.7 Å². The van der Waals surface area contributed by atoms with Crippen molar-refractivity contribution in [2.24, 2.45) is 0 Å². The molecule has 0 fully saturated rings. The van der Waals surface area contributed by atoms with Gasteiger partial charge < -0.3 is 9.26 Å². The summed E-state index contributed by atoms with van der Waals surface area (Å²) in [7, 11) is -1.50. The van der Waals surface area contributed by atoms with Crippen LogP contribution in [0.15, 0.2) is 42.5 Å². The first kappa shape index (κ1) is 18.0. The van der Waals surface area contributed by atoms with Crippen LogP contribution in [0, 0.1) is 0 Å². The van der Waals surface area contributed by atoms with Crippen molar-refractivity contribution in [2.75, 3.05) is 6.61 Å². The van der Waals surface area contributed by atoms with Crippen LogP contribution in [-0.2, 0) is 9.53 Å². The van der Waals surface area contributed by atoms with Crippen LogP contribution in [0.5, 0.6) is 5.75 Å². The Morgan fingerprint density at radius 2 is 2.00 bits per heavy atom. The van der Waals surface area contributed by atoms with Gasteiger partial charge in [0.15, 0.2) is 0 Å². The Kier molecular flexibility index (Phi) is 7.10. The van der Waals surface area contributed by atoms with Crippen LogP contribution in [0.3, 0.4) is 0 Å². The molecule has 0 aliphatic rings. The van der Waals surface area contributed by atoms with E-state index in [0.717, 1.165) is 23.6 Å². The van der Waals surface area contributed by atoms with Crippen LogP contribution >= 0.6 is 18.9 Å². The molecule has 2 unspecified atom stereocenters. The lowest BCUT2D eigenvalue weighted by Crippen LogP contribution is -2.32. The van der Waals surface area contributed by atoms with E-state index in [1.165, 1.54) is 0 Å². The molecular formula is C17H21ClNO3P. The molecular weight excluding hydrogens is 333 g/mol. The second-order valence-corrected chi connectivity index (χ2v) is 7.04. The molecule has 0 radical (unpaired) electrons. The number of hydrogen-bond donors (Lipinski definition) is 1. The Labute approximate surface area is 142 Å². The molecule has 2 rings (SSSR count). The molecule has 0 amide bonds. The summed E-state index contributed by atoms with van der Waals surface area (Å²) in [6, 6.07) is 13.2. The minimum atomic E-state index is -1.50. The van der Waals surface area contributed by atoms with E-state index in [9.17, 15) is 4.79 Å². The standard InChI is InChI=1S/C17H21ClNO3P/c1-3-4-12-21-17(20)13(2)19-23(18)22-16-11-7-9-14-8-5-6-10-15(14)16/h5-11,13,19H,3-4,12H2,1-2H3. The Morgan fingerprint density at radius 3 is 2.78 bits per heavy atom. The summed E-state index contributed by atoms with van der Waals surface area (Å²) in [5.74, 6) is 0.386. The van der Waals surface area contributed by atoms with Crippen molar-refractivity contribution in [3.8, 4) is 5.75 Å². The summed E-state index contributed by atoms with van der Waals surface area (Å²) in [5, 5.41) is 5.02.